The zero-order chi connectivity index (χ0) is 22.1. The van der Waals surface area contributed by atoms with Gasteiger partial charge < -0.3 is 25.0 Å². The Balaban J connectivity index is 1.51. The largest absolute Gasteiger partial charge is 0.477 e. The van der Waals surface area contributed by atoms with Crippen LogP contribution in [0.5, 0.6) is 11.5 Å². The van der Waals surface area contributed by atoms with Gasteiger partial charge in [0.15, 0.2) is 23.4 Å². The molecule has 7 nitrogen and oxygen atoms in total. The summed E-state index contributed by atoms with van der Waals surface area (Å²) in [5.74, 6) is -2.20. The van der Waals surface area contributed by atoms with Crippen molar-refractivity contribution in [1.82, 2.24) is 9.80 Å². The normalized spacial score (nSPS) is 31.1. The van der Waals surface area contributed by atoms with Gasteiger partial charge >= 0.3 is 6.09 Å². The summed E-state index contributed by atoms with van der Waals surface area (Å²) in [6.45, 7) is -0.833. The topological polar surface area (TPSA) is 85.1 Å². The van der Waals surface area contributed by atoms with E-state index < -0.39 is 36.6 Å². The first-order chi connectivity index (χ1) is 14.7. The maximum atomic E-state index is 13.6. The smallest absolute Gasteiger partial charge is 0.415 e. The Kier molecular flexibility index (Phi) is 4.57. The molecule has 2 aliphatic heterocycles. The first-order valence-electron chi connectivity index (χ1n) is 10.7. The van der Waals surface area contributed by atoms with Crippen LogP contribution in [0, 0.1) is 5.92 Å². The predicted molar refractivity (Wildman–Crippen MR) is 108 cm³/mol. The molecular formula is C22H27F2N3O4. The van der Waals surface area contributed by atoms with Crippen LogP contribution in [0.1, 0.15) is 30.4 Å². The number of nitrogens with zero attached hydrogens (tertiary/aromatic N) is 2. The van der Waals surface area contributed by atoms with Crippen molar-refractivity contribution in [2.75, 3.05) is 33.7 Å². The fraction of sp³-hybridized carbons (Fsp3) is 0.636. The lowest BCUT2D eigenvalue weighted by Crippen LogP contribution is -2.65. The van der Waals surface area contributed by atoms with Crippen molar-refractivity contribution in [2.24, 2.45) is 11.7 Å². The number of ketones is 1. The Morgan fingerprint density at radius 3 is 2.97 bits per heavy atom. The molecule has 31 heavy (non-hydrogen) atoms. The van der Waals surface area contributed by atoms with Crippen molar-refractivity contribution < 1.29 is 27.8 Å². The summed E-state index contributed by atoms with van der Waals surface area (Å²) in [5.41, 5.74) is 6.78. The fourth-order valence-electron chi connectivity index (χ4n) is 6.24. The fourth-order valence-corrected chi connectivity index (χ4v) is 6.24. The van der Waals surface area contributed by atoms with Crippen molar-refractivity contribution in [1.29, 1.82) is 0 Å². The number of carbonyl (C=O) groups is 2. The minimum Gasteiger partial charge on any atom is -0.477 e. The Labute approximate surface area is 179 Å². The molecule has 2 aliphatic carbocycles. The third-order valence-corrected chi connectivity index (χ3v) is 7.65. The van der Waals surface area contributed by atoms with Crippen molar-refractivity contribution >= 4 is 11.9 Å². The Hall–Kier alpha value is -2.26. The van der Waals surface area contributed by atoms with Crippen LogP contribution in [0.4, 0.5) is 13.6 Å². The molecule has 4 unspecified atom stereocenters. The first kappa shape index (κ1) is 20.6. The molecule has 0 aromatic heterocycles. The zero-order valence-electron chi connectivity index (χ0n) is 17.7. The molecule has 168 valence electrons. The molecule has 2 N–H and O–H groups in total. The van der Waals surface area contributed by atoms with E-state index in [2.05, 4.69) is 11.9 Å². The summed E-state index contributed by atoms with van der Waals surface area (Å²) >= 11 is 0. The van der Waals surface area contributed by atoms with Gasteiger partial charge in [-0.25, -0.2) is 13.6 Å². The maximum absolute atomic E-state index is 13.6. The van der Waals surface area contributed by atoms with Crippen LogP contribution in [0.3, 0.4) is 0 Å². The highest BCUT2D eigenvalue weighted by atomic mass is 19.3. The maximum Gasteiger partial charge on any atom is 0.415 e. The molecule has 2 heterocycles. The average Bonchev–Trinajstić information content (AvgIpc) is 3.08. The molecule has 4 atom stereocenters. The van der Waals surface area contributed by atoms with E-state index in [1.54, 1.807) is 6.07 Å². The minimum absolute atomic E-state index is 0.0839. The number of rotatable bonds is 4. The molecule has 5 rings (SSSR count). The number of Topliss-reactive ketones (excluding diaryl/α,β-unsaturated/α-hetero) is 1. The first-order valence-corrected chi connectivity index (χ1v) is 10.7. The van der Waals surface area contributed by atoms with Crippen LogP contribution >= 0.6 is 0 Å². The van der Waals surface area contributed by atoms with Crippen LogP contribution in [-0.4, -0.2) is 73.5 Å². The number of amides is 1. The third-order valence-electron chi connectivity index (χ3n) is 7.65. The number of nitrogens with two attached hydrogens (primary N) is 1. The van der Waals surface area contributed by atoms with E-state index in [-0.39, 0.29) is 11.5 Å². The highest BCUT2D eigenvalue weighted by Crippen LogP contribution is 2.63. The summed E-state index contributed by atoms with van der Waals surface area (Å²) in [6, 6.07) is 3.92. The van der Waals surface area contributed by atoms with Gasteiger partial charge in [0.1, 0.15) is 0 Å². The summed E-state index contributed by atoms with van der Waals surface area (Å²) in [5, 5.41) is 0. The van der Waals surface area contributed by atoms with E-state index in [1.807, 2.05) is 6.07 Å². The van der Waals surface area contributed by atoms with Crippen LogP contribution in [0.2, 0.25) is 0 Å². The van der Waals surface area contributed by atoms with Gasteiger partial charge in [0.2, 0.25) is 0 Å². The second-order valence-electron chi connectivity index (χ2n) is 9.36. The second-order valence-corrected chi connectivity index (χ2v) is 9.36. The molecular weight excluding hydrogens is 408 g/mol. The summed E-state index contributed by atoms with van der Waals surface area (Å²) in [4.78, 5) is 28.6. The zero-order valence-corrected chi connectivity index (χ0v) is 17.7. The Bertz CT molecular complexity index is 955. The highest BCUT2D eigenvalue weighted by Gasteiger charge is 2.65. The lowest BCUT2D eigenvalue weighted by atomic mass is 9.52. The lowest BCUT2D eigenvalue weighted by molar-refractivity contribution is -0.138. The monoisotopic (exact) mass is 435 g/mol. The van der Waals surface area contributed by atoms with E-state index in [0.29, 0.717) is 24.1 Å². The molecule has 1 saturated heterocycles. The molecule has 4 aliphatic rings. The average molecular weight is 435 g/mol. The van der Waals surface area contributed by atoms with Crippen LogP contribution in [-0.2, 0) is 16.6 Å². The standard InChI is InChI=1S/C22H27F2N3O4/c1-26-8-7-22-13-4-5-15(28)19(22)31-18-16(6-3-12(17(18)22)9-14(13)26)30-20(29)27(2)11-21(23,24)10-25/h3,6,13-14,19H,4-5,7-11,25H2,1-2H3. The van der Waals surface area contributed by atoms with Gasteiger partial charge in [-0.15, -0.1) is 0 Å². The molecule has 1 saturated carbocycles. The van der Waals surface area contributed by atoms with Crippen molar-refractivity contribution in [3.05, 3.63) is 23.3 Å². The van der Waals surface area contributed by atoms with Gasteiger partial charge in [-0.1, -0.05) is 6.07 Å². The van der Waals surface area contributed by atoms with E-state index in [4.69, 9.17) is 15.2 Å². The number of likely N-dealkylation sites (tertiary alicyclic amines) is 1. The molecule has 1 aromatic carbocycles. The number of carbonyl (C=O) groups excluding carboxylic acids is 2. The number of likely N-dealkylation sites (N-methyl/N-ethyl adjacent to an activating group) is 1. The van der Waals surface area contributed by atoms with Crippen molar-refractivity contribution in [3.8, 4) is 11.5 Å². The number of benzene rings is 1. The van der Waals surface area contributed by atoms with Gasteiger partial charge in [0, 0.05) is 30.5 Å². The van der Waals surface area contributed by atoms with Crippen molar-refractivity contribution in [3.63, 3.8) is 0 Å². The summed E-state index contributed by atoms with van der Waals surface area (Å²) < 4.78 is 38.9. The molecule has 9 heteroatoms. The minimum atomic E-state index is -3.20. The van der Waals surface area contributed by atoms with Crippen LogP contribution in [0.15, 0.2) is 12.1 Å². The molecule has 2 fully saturated rings. The number of alkyl halides is 2. The second kappa shape index (κ2) is 6.87. The van der Waals surface area contributed by atoms with E-state index >= 15 is 0 Å². The SMILES string of the molecule is CN(CC(F)(F)CN)C(=O)Oc1ccc2c3c1OC1C(=O)CCC4C(C2)N(C)CCC314. The third kappa shape index (κ3) is 2.89. The predicted octanol–water partition coefficient (Wildman–Crippen LogP) is 1.95. The summed E-state index contributed by atoms with van der Waals surface area (Å²) in [6.07, 6.45) is 1.48. The van der Waals surface area contributed by atoms with Crippen molar-refractivity contribution in [2.45, 2.75) is 49.2 Å². The van der Waals surface area contributed by atoms with Gasteiger partial charge in [-0.3, -0.25) is 4.79 Å². The van der Waals surface area contributed by atoms with E-state index in [0.717, 1.165) is 41.8 Å². The number of hydrogen-bond donors (Lipinski definition) is 1. The number of halogens is 2. The molecule has 1 spiro atoms. The quantitative estimate of drug-likeness (QED) is 0.778. The van der Waals surface area contributed by atoms with Gasteiger partial charge in [0.25, 0.3) is 5.92 Å². The molecule has 0 radical (unpaired) electrons. The van der Waals surface area contributed by atoms with E-state index in [1.165, 1.54) is 7.05 Å². The molecule has 1 amide bonds. The Morgan fingerprint density at radius 1 is 1.45 bits per heavy atom. The van der Waals surface area contributed by atoms with Gasteiger partial charge in [0.05, 0.1) is 13.1 Å². The lowest BCUT2D eigenvalue weighted by Gasteiger charge is -2.57. The number of ether oxygens (including phenoxy) is 2. The summed E-state index contributed by atoms with van der Waals surface area (Å²) in [7, 11) is 3.37. The molecule has 1 aromatic rings. The van der Waals surface area contributed by atoms with Gasteiger partial charge in [-0.05, 0) is 50.4 Å². The van der Waals surface area contributed by atoms with Crippen LogP contribution < -0.4 is 15.2 Å². The Morgan fingerprint density at radius 2 is 2.23 bits per heavy atom. The molecule has 2 bridgehead atoms. The highest BCUT2D eigenvalue weighted by molar-refractivity contribution is 5.89. The number of hydrogen-bond acceptors (Lipinski definition) is 6. The number of piperidine rings is 1. The van der Waals surface area contributed by atoms with Crippen LogP contribution in [0.25, 0.3) is 0 Å². The van der Waals surface area contributed by atoms with E-state index in [9.17, 15) is 18.4 Å². The van der Waals surface area contributed by atoms with Gasteiger partial charge in [-0.2, -0.15) is 0 Å².